The second-order valence-electron chi connectivity index (χ2n) is 9.30. The number of halogens is 6. The standard InChI is InChI=1S/C19H28N4O2.2C2HF3O2/c1-21-6-8-23(9-7-21)19(24)11-17-10-15-12-22(14-18(15)25-17)13-16-4-2-3-5-20-16;2*3-2(4,5)1(6)7/h2-5,15,17-18H,6-14H2,1H3;2*(H,6,7)/t15-,17-,18+;;/m0../s1. The predicted molar refractivity (Wildman–Crippen MR) is 122 cm³/mol. The summed E-state index contributed by atoms with van der Waals surface area (Å²) in [6.07, 6.45) is -6.35. The van der Waals surface area contributed by atoms with Crippen molar-refractivity contribution in [3.63, 3.8) is 0 Å². The van der Waals surface area contributed by atoms with Crippen molar-refractivity contribution in [1.82, 2.24) is 19.7 Å². The fourth-order valence-electron chi connectivity index (χ4n) is 4.31. The highest BCUT2D eigenvalue weighted by atomic mass is 19.4. The van der Waals surface area contributed by atoms with Crippen LogP contribution in [0.5, 0.6) is 0 Å². The third kappa shape index (κ3) is 11.0. The lowest BCUT2D eigenvalue weighted by Crippen LogP contribution is -2.47. The van der Waals surface area contributed by atoms with Crippen LogP contribution in [0.3, 0.4) is 0 Å². The van der Waals surface area contributed by atoms with Gasteiger partial charge in [-0.3, -0.25) is 14.7 Å². The number of likely N-dealkylation sites (N-methyl/N-ethyl adjacent to an activating group) is 1. The molecule has 4 rings (SSSR count). The summed E-state index contributed by atoms with van der Waals surface area (Å²) in [6, 6.07) is 6.06. The molecule has 2 N–H and O–H groups in total. The van der Waals surface area contributed by atoms with Crippen LogP contribution in [0.2, 0.25) is 0 Å². The first-order valence-electron chi connectivity index (χ1n) is 11.9. The number of piperazine rings is 1. The zero-order chi connectivity index (χ0) is 29.4. The van der Waals surface area contributed by atoms with Gasteiger partial charge in [0.05, 0.1) is 24.3 Å². The molecule has 39 heavy (non-hydrogen) atoms. The predicted octanol–water partition coefficient (Wildman–Crippen LogP) is 2.10. The summed E-state index contributed by atoms with van der Waals surface area (Å²) < 4.78 is 69.7. The number of hydrogen-bond acceptors (Lipinski definition) is 7. The van der Waals surface area contributed by atoms with Crippen LogP contribution in [-0.2, 0) is 25.7 Å². The number of nitrogens with zero attached hydrogens (tertiary/aromatic N) is 4. The van der Waals surface area contributed by atoms with Gasteiger partial charge >= 0.3 is 24.3 Å². The normalized spacial score (nSPS) is 23.7. The molecule has 0 bridgehead atoms. The number of carboxylic acids is 2. The molecule has 0 aromatic carbocycles. The molecule has 1 aromatic heterocycles. The highest BCUT2D eigenvalue weighted by Crippen LogP contribution is 2.35. The van der Waals surface area contributed by atoms with Gasteiger partial charge in [0.2, 0.25) is 5.91 Å². The average molecular weight is 573 g/mol. The van der Waals surface area contributed by atoms with Gasteiger partial charge in [0.15, 0.2) is 0 Å². The third-order valence-corrected chi connectivity index (χ3v) is 6.24. The van der Waals surface area contributed by atoms with E-state index in [1.807, 2.05) is 23.2 Å². The van der Waals surface area contributed by atoms with Crippen LogP contribution in [0.4, 0.5) is 26.3 Å². The topological polar surface area (TPSA) is 124 Å². The maximum absolute atomic E-state index is 12.5. The number of carbonyl (C=O) groups excluding carboxylic acids is 1. The Morgan fingerprint density at radius 2 is 1.54 bits per heavy atom. The zero-order valence-corrected chi connectivity index (χ0v) is 21.0. The lowest BCUT2D eigenvalue weighted by Gasteiger charge is -2.33. The van der Waals surface area contributed by atoms with Gasteiger partial charge < -0.3 is 24.7 Å². The number of carbonyl (C=O) groups is 3. The minimum absolute atomic E-state index is 0.110. The quantitative estimate of drug-likeness (QED) is 0.523. The van der Waals surface area contributed by atoms with E-state index in [0.29, 0.717) is 12.3 Å². The van der Waals surface area contributed by atoms with Crippen molar-refractivity contribution in [2.24, 2.45) is 5.92 Å². The van der Waals surface area contributed by atoms with Crippen molar-refractivity contribution in [3.8, 4) is 0 Å². The molecule has 1 amide bonds. The molecule has 0 radical (unpaired) electrons. The molecule has 3 fully saturated rings. The van der Waals surface area contributed by atoms with Crippen LogP contribution in [0.25, 0.3) is 0 Å². The minimum atomic E-state index is -5.08. The Balaban J connectivity index is 0.000000317. The summed E-state index contributed by atoms with van der Waals surface area (Å²) in [5, 5.41) is 14.2. The van der Waals surface area contributed by atoms with E-state index in [2.05, 4.69) is 27.9 Å². The Hall–Kier alpha value is -2.98. The Kier molecular flexibility index (Phi) is 11.5. The second kappa shape index (κ2) is 13.9. The molecule has 0 unspecified atom stereocenters. The molecule has 3 saturated heterocycles. The lowest BCUT2D eigenvalue weighted by molar-refractivity contribution is -0.193. The summed E-state index contributed by atoms with van der Waals surface area (Å²) >= 11 is 0. The van der Waals surface area contributed by atoms with E-state index >= 15 is 0 Å². The largest absolute Gasteiger partial charge is 0.490 e. The fourth-order valence-corrected chi connectivity index (χ4v) is 4.31. The Bertz CT molecular complexity index is 919. The number of pyridine rings is 1. The number of amides is 1. The highest BCUT2D eigenvalue weighted by molar-refractivity contribution is 5.77. The second-order valence-corrected chi connectivity index (χ2v) is 9.30. The van der Waals surface area contributed by atoms with Crippen molar-refractivity contribution in [1.29, 1.82) is 0 Å². The average Bonchev–Trinajstić information content (AvgIpc) is 3.37. The number of hydrogen-bond donors (Lipinski definition) is 2. The summed E-state index contributed by atoms with van der Waals surface area (Å²) in [7, 11) is 2.11. The lowest BCUT2D eigenvalue weighted by atomic mass is 10.0. The van der Waals surface area contributed by atoms with Gasteiger partial charge in [-0.15, -0.1) is 0 Å². The van der Waals surface area contributed by atoms with E-state index in [1.165, 1.54) is 0 Å². The molecule has 1 aromatic rings. The van der Waals surface area contributed by atoms with E-state index in [-0.39, 0.29) is 18.1 Å². The van der Waals surface area contributed by atoms with Gasteiger partial charge in [-0.1, -0.05) is 6.07 Å². The van der Waals surface area contributed by atoms with E-state index in [0.717, 1.165) is 57.9 Å². The molecular formula is C23H30F6N4O6. The van der Waals surface area contributed by atoms with Crippen molar-refractivity contribution < 1.29 is 55.7 Å². The van der Waals surface area contributed by atoms with E-state index in [4.69, 9.17) is 24.5 Å². The Labute approximate surface area is 220 Å². The molecule has 0 saturated carbocycles. The summed E-state index contributed by atoms with van der Waals surface area (Å²) in [4.78, 5) is 41.4. The summed E-state index contributed by atoms with van der Waals surface area (Å²) in [6.45, 7) is 6.57. The molecule has 4 heterocycles. The number of aromatic nitrogens is 1. The van der Waals surface area contributed by atoms with Crippen molar-refractivity contribution in [2.75, 3.05) is 46.3 Å². The van der Waals surface area contributed by atoms with Crippen molar-refractivity contribution >= 4 is 17.8 Å². The van der Waals surface area contributed by atoms with Crippen LogP contribution in [0, 0.1) is 5.92 Å². The molecule has 3 atom stereocenters. The number of likely N-dealkylation sites (tertiary alicyclic amines) is 1. The smallest absolute Gasteiger partial charge is 0.475 e. The van der Waals surface area contributed by atoms with E-state index in [1.54, 1.807) is 0 Å². The number of ether oxygens (including phenoxy) is 1. The Morgan fingerprint density at radius 3 is 2.00 bits per heavy atom. The maximum atomic E-state index is 12.5. The van der Waals surface area contributed by atoms with Crippen LogP contribution in [0.1, 0.15) is 18.5 Å². The number of alkyl halides is 6. The number of fused-ring (bicyclic) bond motifs is 1. The first-order valence-corrected chi connectivity index (χ1v) is 11.9. The maximum Gasteiger partial charge on any atom is 0.490 e. The van der Waals surface area contributed by atoms with Gasteiger partial charge in [-0.2, -0.15) is 26.3 Å². The molecule has 3 aliphatic heterocycles. The first kappa shape index (κ1) is 32.2. The highest BCUT2D eigenvalue weighted by Gasteiger charge is 2.43. The van der Waals surface area contributed by atoms with E-state index < -0.39 is 24.3 Å². The molecule has 10 nitrogen and oxygen atoms in total. The number of rotatable bonds is 4. The minimum Gasteiger partial charge on any atom is -0.475 e. The molecule has 0 spiro atoms. The summed E-state index contributed by atoms with van der Waals surface area (Å²) in [5.41, 5.74) is 1.12. The van der Waals surface area contributed by atoms with Crippen molar-refractivity contribution in [3.05, 3.63) is 30.1 Å². The van der Waals surface area contributed by atoms with Gasteiger partial charge in [0, 0.05) is 57.9 Å². The SMILES string of the molecule is CN1CCN(C(=O)C[C@@H]2C[C@H]3CN(Cc4ccccn4)C[C@H]3O2)CC1.O=C(O)C(F)(F)F.O=C(O)C(F)(F)F. The van der Waals surface area contributed by atoms with Crippen molar-refractivity contribution in [2.45, 2.75) is 43.9 Å². The van der Waals surface area contributed by atoms with Crippen LogP contribution in [0.15, 0.2) is 24.4 Å². The third-order valence-electron chi connectivity index (χ3n) is 6.24. The fraction of sp³-hybridized carbons (Fsp3) is 0.652. The molecular weight excluding hydrogens is 542 g/mol. The number of aliphatic carboxylic acids is 2. The molecule has 3 aliphatic rings. The molecule has 0 aliphatic carbocycles. The number of carboxylic acid groups (broad SMARTS) is 2. The van der Waals surface area contributed by atoms with Gasteiger partial charge in [0.25, 0.3) is 0 Å². The monoisotopic (exact) mass is 572 g/mol. The van der Waals surface area contributed by atoms with Crippen LogP contribution in [-0.4, -0.2) is 119 Å². The van der Waals surface area contributed by atoms with Gasteiger partial charge in [-0.05, 0) is 25.6 Å². The Morgan fingerprint density at radius 1 is 0.974 bits per heavy atom. The summed E-state index contributed by atoms with van der Waals surface area (Å²) in [5.74, 6) is -4.68. The van der Waals surface area contributed by atoms with Crippen LogP contribution >= 0.6 is 0 Å². The molecule has 220 valence electrons. The van der Waals surface area contributed by atoms with Crippen LogP contribution < -0.4 is 0 Å². The van der Waals surface area contributed by atoms with E-state index in [9.17, 15) is 31.1 Å². The zero-order valence-electron chi connectivity index (χ0n) is 21.0. The van der Waals surface area contributed by atoms with Gasteiger partial charge in [0.1, 0.15) is 0 Å². The van der Waals surface area contributed by atoms with Gasteiger partial charge in [-0.25, -0.2) is 9.59 Å². The first-order chi connectivity index (χ1) is 18.1. The molecule has 16 heteroatoms.